The number of carbonyl (C=O) groups is 1. The smallest absolute Gasteiger partial charge is 0.357 e. The van der Waals surface area contributed by atoms with Crippen LogP contribution in [0.5, 0.6) is 0 Å². The monoisotopic (exact) mass is 275 g/mol. The summed E-state index contributed by atoms with van der Waals surface area (Å²) >= 11 is 8.11. The number of nitrogens with one attached hydrogen (secondary N) is 1. The van der Waals surface area contributed by atoms with Gasteiger partial charge in [-0.05, 0) is 6.08 Å². The first kappa shape index (κ1) is 11.4. The highest BCUT2D eigenvalue weighted by Gasteiger charge is 2.17. The lowest BCUT2D eigenvalue weighted by molar-refractivity contribution is -0.132. The van der Waals surface area contributed by atoms with Crippen molar-refractivity contribution in [3.05, 3.63) is 21.6 Å². The number of carbonyl (C=O) groups excluding carboxylic acids is 1. The molecule has 0 aromatic carbocycles. The van der Waals surface area contributed by atoms with Gasteiger partial charge < -0.3 is 9.46 Å². The molecule has 1 aliphatic heterocycles. The predicted octanol–water partition coefficient (Wildman–Crippen LogP) is 1.92. The second-order valence-electron chi connectivity index (χ2n) is 2.70. The molecule has 1 N–H and O–H groups in total. The maximum absolute atomic E-state index is 11.3. The molecule has 0 amide bonds. The predicted molar refractivity (Wildman–Crippen MR) is 65.3 cm³/mol. The van der Waals surface area contributed by atoms with E-state index in [1.807, 2.05) is 0 Å². The Morgan fingerprint density at radius 1 is 1.62 bits per heavy atom. The Hall–Kier alpha value is -1.05. The first-order valence-electron chi connectivity index (χ1n) is 4.12. The third-order valence-corrected chi connectivity index (χ3v) is 3.47. The van der Waals surface area contributed by atoms with Gasteiger partial charge in [0.15, 0.2) is 10.2 Å². The van der Waals surface area contributed by atoms with Crippen LogP contribution in [-0.2, 0) is 9.53 Å². The summed E-state index contributed by atoms with van der Waals surface area (Å²) in [7, 11) is 1.31. The number of halogens is 1. The van der Waals surface area contributed by atoms with Crippen molar-refractivity contribution in [3.63, 3.8) is 0 Å². The zero-order chi connectivity index (χ0) is 11.5. The van der Waals surface area contributed by atoms with Gasteiger partial charge in [-0.15, -0.1) is 11.3 Å². The van der Waals surface area contributed by atoms with Crippen LogP contribution in [0.25, 0.3) is 5.70 Å². The van der Waals surface area contributed by atoms with Crippen LogP contribution >= 0.6 is 35.1 Å². The second kappa shape index (κ2) is 4.86. The average Bonchev–Trinajstić information content (AvgIpc) is 2.75. The van der Waals surface area contributed by atoms with Gasteiger partial charge in [-0.2, -0.15) is 4.40 Å². The van der Waals surface area contributed by atoms with Gasteiger partial charge >= 0.3 is 5.97 Å². The van der Waals surface area contributed by atoms with Crippen molar-refractivity contribution in [1.29, 1.82) is 0 Å². The van der Waals surface area contributed by atoms with Gasteiger partial charge in [0, 0.05) is 6.20 Å². The molecule has 8 heteroatoms. The minimum absolute atomic E-state index is 0.255. The molecular weight excluding hydrogens is 270 g/mol. The molecule has 0 atom stereocenters. The quantitative estimate of drug-likeness (QED) is 0.660. The Balaban J connectivity index is 2.27. The molecular formula is C8H6ClN3O2S2. The Morgan fingerprint density at radius 2 is 2.44 bits per heavy atom. The van der Waals surface area contributed by atoms with E-state index in [2.05, 4.69) is 18.8 Å². The highest BCUT2D eigenvalue weighted by molar-refractivity contribution is 7.96. The summed E-state index contributed by atoms with van der Waals surface area (Å²) in [6.07, 6.45) is 3.23. The molecule has 1 aromatic heterocycles. The van der Waals surface area contributed by atoms with Gasteiger partial charge in [0.2, 0.25) is 0 Å². The molecule has 5 nitrogen and oxygen atoms in total. The van der Waals surface area contributed by atoms with Gasteiger partial charge in [0.05, 0.1) is 29.8 Å². The van der Waals surface area contributed by atoms with E-state index in [4.69, 9.17) is 11.6 Å². The van der Waals surface area contributed by atoms with Crippen LogP contribution < -0.4 is 4.72 Å². The fourth-order valence-electron chi connectivity index (χ4n) is 1.01. The number of hydrogen-bond donors (Lipinski definition) is 1. The number of methoxy groups -OCH3 is 1. The van der Waals surface area contributed by atoms with Crippen LogP contribution in [0.4, 0.5) is 0 Å². The zero-order valence-corrected chi connectivity index (χ0v) is 10.4. The molecule has 0 bridgehead atoms. The first-order chi connectivity index (χ1) is 7.70. The molecule has 0 aliphatic carbocycles. The first-order valence-corrected chi connectivity index (χ1v) is 6.09. The van der Waals surface area contributed by atoms with Crippen LogP contribution in [0.2, 0.25) is 4.47 Å². The summed E-state index contributed by atoms with van der Waals surface area (Å²) in [5.41, 5.74) is 0.996. The molecule has 0 unspecified atom stereocenters. The van der Waals surface area contributed by atoms with E-state index >= 15 is 0 Å². The summed E-state index contributed by atoms with van der Waals surface area (Å²) in [6.45, 7) is 0. The Kier molecular flexibility index (Phi) is 3.47. The molecule has 1 aliphatic rings. The van der Waals surface area contributed by atoms with Crippen molar-refractivity contribution < 1.29 is 9.53 Å². The van der Waals surface area contributed by atoms with Gasteiger partial charge in [0.25, 0.3) is 0 Å². The number of rotatable bonds is 2. The summed E-state index contributed by atoms with van der Waals surface area (Å²) in [6, 6.07) is 0. The fourth-order valence-corrected chi connectivity index (χ4v) is 2.53. The van der Waals surface area contributed by atoms with E-state index in [-0.39, 0.29) is 5.71 Å². The van der Waals surface area contributed by atoms with E-state index in [0.717, 1.165) is 22.7 Å². The lowest BCUT2D eigenvalue weighted by atomic mass is 10.3. The van der Waals surface area contributed by atoms with Crippen molar-refractivity contribution in [3.8, 4) is 0 Å². The van der Waals surface area contributed by atoms with Gasteiger partial charge in [-0.3, -0.25) is 0 Å². The van der Waals surface area contributed by atoms with Crippen molar-refractivity contribution in [2.75, 3.05) is 7.11 Å². The summed E-state index contributed by atoms with van der Waals surface area (Å²) in [5.74, 6) is -0.470. The van der Waals surface area contributed by atoms with Crippen molar-refractivity contribution >= 4 is 52.4 Å². The van der Waals surface area contributed by atoms with Gasteiger partial charge in [-0.25, -0.2) is 9.78 Å². The minimum atomic E-state index is -0.470. The van der Waals surface area contributed by atoms with Crippen LogP contribution in [0.15, 0.2) is 16.7 Å². The molecule has 0 fully saturated rings. The number of ether oxygens (including phenoxy) is 1. The topological polar surface area (TPSA) is 63.6 Å². The highest BCUT2D eigenvalue weighted by Crippen LogP contribution is 2.26. The molecule has 0 saturated carbocycles. The number of nitrogens with zero attached hydrogens (tertiary/aromatic N) is 2. The van der Waals surface area contributed by atoms with Crippen molar-refractivity contribution in [2.45, 2.75) is 0 Å². The van der Waals surface area contributed by atoms with Crippen molar-refractivity contribution in [2.24, 2.45) is 4.40 Å². The lowest BCUT2D eigenvalue weighted by Crippen LogP contribution is -2.18. The SMILES string of the molecule is COC(=O)C1=NSNC(c2cnc(Cl)s2)=C1. The minimum Gasteiger partial charge on any atom is -0.464 e. The molecule has 84 valence electrons. The van der Waals surface area contributed by atoms with E-state index < -0.39 is 5.97 Å². The van der Waals surface area contributed by atoms with E-state index in [1.165, 1.54) is 18.4 Å². The molecule has 0 spiro atoms. The summed E-state index contributed by atoms with van der Waals surface area (Å²) in [5, 5.41) is 0. The number of thiazole rings is 1. The number of esters is 1. The summed E-state index contributed by atoms with van der Waals surface area (Å²) in [4.78, 5) is 16.0. The lowest BCUT2D eigenvalue weighted by Gasteiger charge is -2.10. The highest BCUT2D eigenvalue weighted by atomic mass is 35.5. The Labute approximate surface area is 105 Å². The Morgan fingerprint density at radius 3 is 3.06 bits per heavy atom. The molecule has 16 heavy (non-hydrogen) atoms. The van der Waals surface area contributed by atoms with Crippen LogP contribution in [0, 0.1) is 0 Å². The van der Waals surface area contributed by atoms with E-state index in [0.29, 0.717) is 4.47 Å². The summed E-state index contributed by atoms with van der Waals surface area (Å²) < 4.78 is 11.9. The van der Waals surface area contributed by atoms with Gasteiger partial charge in [-0.1, -0.05) is 11.6 Å². The third kappa shape index (κ3) is 2.37. The van der Waals surface area contributed by atoms with Crippen LogP contribution in [0.3, 0.4) is 0 Å². The second-order valence-corrected chi connectivity index (χ2v) is 4.88. The normalized spacial score (nSPS) is 14.9. The molecule has 2 rings (SSSR count). The van der Waals surface area contributed by atoms with Crippen molar-refractivity contribution in [1.82, 2.24) is 9.71 Å². The molecule has 1 aromatic rings. The van der Waals surface area contributed by atoms with Crippen LogP contribution in [0.1, 0.15) is 4.88 Å². The Bertz CT molecular complexity index is 483. The third-order valence-electron chi connectivity index (χ3n) is 1.72. The standard InChI is InChI=1S/C8H6ClN3O2S2/c1-14-7(13)5-2-4(11-16-12-5)6-3-10-8(9)15-6/h2-3,11H,1H3. The molecule has 0 radical (unpaired) electrons. The maximum atomic E-state index is 11.3. The van der Waals surface area contributed by atoms with E-state index in [1.54, 1.807) is 12.3 Å². The molecule has 2 heterocycles. The molecule has 0 saturated heterocycles. The average molecular weight is 276 g/mol. The van der Waals surface area contributed by atoms with Gasteiger partial charge in [0.1, 0.15) is 0 Å². The largest absolute Gasteiger partial charge is 0.464 e. The van der Waals surface area contributed by atoms with Crippen LogP contribution in [-0.4, -0.2) is 23.8 Å². The van der Waals surface area contributed by atoms with E-state index in [9.17, 15) is 4.79 Å². The fraction of sp³-hybridized carbons (Fsp3) is 0.125. The maximum Gasteiger partial charge on any atom is 0.357 e. The number of hydrogen-bond acceptors (Lipinski definition) is 7. The number of aromatic nitrogens is 1. The zero-order valence-electron chi connectivity index (χ0n) is 8.06.